The van der Waals surface area contributed by atoms with Crippen LogP contribution in [0.3, 0.4) is 0 Å². The van der Waals surface area contributed by atoms with E-state index in [1.807, 2.05) is 72.8 Å². The van der Waals surface area contributed by atoms with Gasteiger partial charge in [0.05, 0.1) is 24.8 Å². The summed E-state index contributed by atoms with van der Waals surface area (Å²) >= 11 is 0. The molecule has 1 N–H and O–H groups in total. The third-order valence-electron chi connectivity index (χ3n) is 5.35. The Morgan fingerprint density at radius 1 is 0.971 bits per heavy atom. The Morgan fingerprint density at radius 3 is 2.56 bits per heavy atom. The lowest BCUT2D eigenvalue weighted by atomic mass is 10.2. The number of nitrogens with one attached hydrogen (secondary N) is 1. The van der Waals surface area contributed by atoms with E-state index in [4.69, 9.17) is 9.72 Å². The third-order valence-corrected chi connectivity index (χ3v) is 5.35. The van der Waals surface area contributed by atoms with E-state index in [-0.39, 0.29) is 11.9 Å². The first-order chi connectivity index (χ1) is 16.5. The van der Waals surface area contributed by atoms with Crippen LogP contribution in [0.4, 0.5) is 5.69 Å². The molecule has 1 aromatic heterocycles. The highest BCUT2D eigenvalue weighted by atomic mass is 16.5. The number of esters is 1. The predicted octanol–water partition coefficient (Wildman–Crippen LogP) is 5.37. The SMILES string of the molecule is COC(=O)CCCCOc1ccc2nc(-c3ccccc3)n(-c3cccc(NC(C)=O)c3)c2c1. The molecular formula is C27H27N3O4. The van der Waals surface area contributed by atoms with E-state index >= 15 is 0 Å². The van der Waals surface area contributed by atoms with Gasteiger partial charge >= 0.3 is 5.97 Å². The minimum Gasteiger partial charge on any atom is -0.494 e. The lowest BCUT2D eigenvalue weighted by molar-refractivity contribution is -0.140. The number of nitrogens with zero attached hydrogens (tertiary/aromatic N) is 2. The number of unbranched alkanes of at least 4 members (excludes halogenated alkanes) is 1. The predicted molar refractivity (Wildman–Crippen MR) is 132 cm³/mol. The van der Waals surface area contributed by atoms with Gasteiger partial charge in [0.1, 0.15) is 11.6 Å². The molecule has 1 amide bonds. The average molecular weight is 458 g/mol. The van der Waals surface area contributed by atoms with E-state index in [0.29, 0.717) is 25.1 Å². The largest absolute Gasteiger partial charge is 0.494 e. The monoisotopic (exact) mass is 457 g/mol. The summed E-state index contributed by atoms with van der Waals surface area (Å²) in [5, 5.41) is 2.85. The summed E-state index contributed by atoms with van der Waals surface area (Å²) < 4.78 is 12.7. The molecule has 0 radical (unpaired) electrons. The minimum absolute atomic E-state index is 0.126. The number of methoxy groups -OCH3 is 1. The summed E-state index contributed by atoms with van der Waals surface area (Å²) in [6.07, 6.45) is 1.85. The van der Waals surface area contributed by atoms with E-state index < -0.39 is 0 Å². The second-order valence-electron chi connectivity index (χ2n) is 7.90. The van der Waals surface area contributed by atoms with Crippen LogP contribution in [0.15, 0.2) is 72.8 Å². The lowest BCUT2D eigenvalue weighted by Crippen LogP contribution is -2.06. The van der Waals surface area contributed by atoms with Crippen molar-refractivity contribution < 1.29 is 19.1 Å². The number of hydrogen-bond acceptors (Lipinski definition) is 5. The zero-order chi connectivity index (χ0) is 23.9. The summed E-state index contributed by atoms with van der Waals surface area (Å²) in [5.41, 5.74) is 4.30. The van der Waals surface area contributed by atoms with Gasteiger partial charge in [-0.05, 0) is 43.2 Å². The Bertz CT molecular complexity index is 1300. The lowest BCUT2D eigenvalue weighted by Gasteiger charge is -2.12. The van der Waals surface area contributed by atoms with Gasteiger partial charge in [-0.3, -0.25) is 14.2 Å². The number of anilines is 1. The van der Waals surface area contributed by atoms with Crippen molar-refractivity contribution in [3.05, 3.63) is 72.8 Å². The summed E-state index contributed by atoms with van der Waals surface area (Å²) in [4.78, 5) is 27.8. The Kier molecular flexibility index (Phi) is 7.22. The first kappa shape index (κ1) is 23.0. The number of carbonyl (C=O) groups is 2. The maximum Gasteiger partial charge on any atom is 0.305 e. The molecule has 0 saturated carbocycles. The maximum absolute atomic E-state index is 11.6. The molecule has 0 aliphatic heterocycles. The van der Waals surface area contributed by atoms with Gasteiger partial charge in [-0.2, -0.15) is 0 Å². The molecular weight excluding hydrogens is 430 g/mol. The number of fused-ring (bicyclic) bond motifs is 1. The van der Waals surface area contributed by atoms with Crippen molar-refractivity contribution in [3.63, 3.8) is 0 Å². The second kappa shape index (κ2) is 10.7. The standard InChI is InChI=1S/C27H27N3O4/c1-19(31)28-21-11-8-12-22(17-21)30-25-18-23(34-16-7-6-13-26(32)33-2)14-15-24(25)29-27(30)20-9-4-3-5-10-20/h3-5,8-12,14-15,17-18H,6-7,13,16H2,1-2H3,(H,28,31). The van der Waals surface area contributed by atoms with Crippen molar-refractivity contribution in [2.75, 3.05) is 19.0 Å². The average Bonchev–Trinajstić information content (AvgIpc) is 3.23. The zero-order valence-electron chi connectivity index (χ0n) is 19.3. The topological polar surface area (TPSA) is 82.4 Å². The molecule has 7 nitrogen and oxygen atoms in total. The van der Waals surface area contributed by atoms with Gasteiger partial charge in [-0.15, -0.1) is 0 Å². The Labute approximate surface area is 198 Å². The summed E-state index contributed by atoms with van der Waals surface area (Å²) in [5.74, 6) is 1.19. The van der Waals surface area contributed by atoms with Crippen molar-refractivity contribution in [1.29, 1.82) is 0 Å². The van der Waals surface area contributed by atoms with Gasteiger partial charge in [-0.25, -0.2) is 4.98 Å². The van der Waals surface area contributed by atoms with Gasteiger partial charge in [-0.1, -0.05) is 36.4 Å². The van der Waals surface area contributed by atoms with Crippen LogP contribution in [0.25, 0.3) is 28.1 Å². The van der Waals surface area contributed by atoms with Crippen LogP contribution in [0.2, 0.25) is 0 Å². The van der Waals surface area contributed by atoms with Gasteiger partial charge in [0.15, 0.2) is 0 Å². The molecule has 0 fully saturated rings. The highest BCUT2D eigenvalue weighted by Crippen LogP contribution is 2.31. The molecule has 174 valence electrons. The van der Waals surface area contributed by atoms with Gasteiger partial charge in [0.25, 0.3) is 0 Å². The number of ether oxygens (including phenoxy) is 2. The summed E-state index contributed by atoms with van der Waals surface area (Å²) in [6, 6.07) is 23.5. The quantitative estimate of drug-likeness (QED) is 0.270. The van der Waals surface area contributed by atoms with Crippen LogP contribution < -0.4 is 10.1 Å². The number of benzene rings is 3. The summed E-state index contributed by atoms with van der Waals surface area (Å²) in [6.45, 7) is 1.99. The molecule has 0 saturated heterocycles. The number of aromatic nitrogens is 2. The van der Waals surface area contributed by atoms with E-state index in [1.165, 1.54) is 14.0 Å². The van der Waals surface area contributed by atoms with E-state index in [1.54, 1.807) is 0 Å². The molecule has 1 heterocycles. The van der Waals surface area contributed by atoms with Crippen molar-refractivity contribution in [1.82, 2.24) is 9.55 Å². The number of rotatable bonds is 9. The molecule has 3 aromatic carbocycles. The molecule has 0 spiro atoms. The first-order valence-corrected chi connectivity index (χ1v) is 11.2. The molecule has 0 unspecified atom stereocenters. The molecule has 0 atom stereocenters. The van der Waals surface area contributed by atoms with E-state index in [0.717, 1.165) is 40.3 Å². The first-order valence-electron chi connectivity index (χ1n) is 11.2. The maximum atomic E-state index is 11.6. The summed E-state index contributed by atoms with van der Waals surface area (Å²) in [7, 11) is 1.40. The number of amides is 1. The molecule has 34 heavy (non-hydrogen) atoms. The zero-order valence-corrected chi connectivity index (χ0v) is 19.3. The normalized spacial score (nSPS) is 10.8. The highest BCUT2D eigenvalue weighted by Gasteiger charge is 2.16. The van der Waals surface area contributed by atoms with E-state index in [9.17, 15) is 9.59 Å². The number of imidazole rings is 1. The Hall–Kier alpha value is -4.13. The molecule has 0 aliphatic carbocycles. The second-order valence-corrected chi connectivity index (χ2v) is 7.90. The minimum atomic E-state index is -0.208. The molecule has 0 bridgehead atoms. The van der Waals surface area contributed by atoms with Crippen LogP contribution in [0, 0.1) is 0 Å². The van der Waals surface area contributed by atoms with Crippen LogP contribution in [0.1, 0.15) is 26.2 Å². The van der Waals surface area contributed by atoms with Crippen LogP contribution in [-0.2, 0) is 14.3 Å². The van der Waals surface area contributed by atoms with Gasteiger partial charge < -0.3 is 14.8 Å². The Morgan fingerprint density at radius 2 is 1.79 bits per heavy atom. The van der Waals surface area contributed by atoms with Gasteiger partial charge in [0.2, 0.25) is 5.91 Å². The van der Waals surface area contributed by atoms with Crippen molar-refractivity contribution in [3.8, 4) is 22.8 Å². The van der Waals surface area contributed by atoms with Crippen LogP contribution in [-0.4, -0.2) is 35.1 Å². The fourth-order valence-electron chi connectivity index (χ4n) is 3.78. The number of hydrogen-bond donors (Lipinski definition) is 1. The fourth-order valence-corrected chi connectivity index (χ4v) is 3.78. The molecule has 7 heteroatoms. The van der Waals surface area contributed by atoms with Crippen LogP contribution in [0.5, 0.6) is 5.75 Å². The molecule has 0 aliphatic rings. The highest BCUT2D eigenvalue weighted by molar-refractivity contribution is 5.89. The van der Waals surface area contributed by atoms with Crippen molar-refractivity contribution >= 4 is 28.6 Å². The smallest absolute Gasteiger partial charge is 0.305 e. The van der Waals surface area contributed by atoms with Crippen molar-refractivity contribution in [2.24, 2.45) is 0 Å². The number of carbonyl (C=O) groups excluding carboxylic acids is 2. The fraction of sp³-hybridized carbons (Fsp3) is 0.222. The Balaban J connectivity index is 1.69. The van der Waals surface area contributed by atoms with E-state index in [2.05, 4.69) is 14.6 Å². The van der Waals surface area contributed by atoms with Gasteiger partial charge in [0, 0.05) is 36.3 Å². The molecule has 4 aromatic rings. The van der Waals surface area contributed by atoms with Crippen LogP contribution >= 0.6 is 0 Å². The van der Waals surface area contributed by atoms with Crippen molar-refractivity contribution in [2.45, 2.75) is 26.2 Å². The molecule has 4 rings (SSSR count). The third kappa shape index (κ3) is 5.43.